The van der Waals surface area contributed by atoms with Gasteiger partial charge in [0.1, 0.15) is 17.5 Å². The lowest BCUT2D eigenvalue weighted by atomic mass is 10.0. The number of rotatable bonds is 16. The number of carbonyl (C=O) groups excluding carboxylic acids is 2. The molecule has 1 atom stereocenters. The number of carbonyl (C=O) groups is 2. The van der Waals surface area contributed by atoms with Gasteiger partial charge in [-0.2, -0.15) is 0 Å². The number of sulfonamides is 1. The molecule has 0 radical (unpaired) electrons. The summed E-state index contributed by atoms with van der Waals surface area (Å²) in [5, 5.41) is 3.02. The molecule has 0 saturated carbocycles. The molecule has 1 N–H and O–H groups in total. The number of nitrogens with one attached hydrogen (secondary N) is 1. The van der Waals surface area contributed by atoms with Crippen molar-refractivity contribution in [2.45, 2.75) is 45.7 Å². The van der Waals surface area contributed by atoms with Gasteiger partial charge in [0, 0.05) is 32.5 Å². The third-order valence-electron chi connectivity index (χ3n) is 6.96. The Balaban J connectivity index is 1.89. The van der Waals surface area contributed by atoms with Crippen LogP contribution in [-0.4, -0.2) is 64.7 Å². The van der Waals surface area contributed by atoms with E-state index in [1.807, 2.05) is 68.4 Å². The average Bonchev–Trinajstić information content (AvgIpc) is 2.99. The Kier molecular flexibility index (Phi) is 12.4. The fraction of sp³-hybridized carbons (Fsp3) is 0.394. The van der Waals surface area contributed by atoms with Crippen LogP contribution < -0.4 is 19.1 Å². The van der Waals surface area contributed by atoms with Gasteiger partial charge in [0.2, 0.25) is 21.8 Å². The van der Waals surface area contributed by atoms with Gasteiger partial charge in [-0.1, -0.05) is 56.3 Å². The Morgan fingerprint density at radius 1 is 0.860 bits per heavy atom. The first-order valence-electron chi connectivity index (χ1n) is 14.4. The molecule has 9 nitrogen and oxygen atoms in total. The summed E-state index contributed by atoms with van der Waals surface area (Å²) in [6.07, 6.45) is 1.79. The maximum atomic E-state index is 14.0. The smallest absolute Gasteiger partial charge is 0.243 e. The number of hydrogen-bond acceptors (Lipinski definition) is 6. The van der Waals surface area contributed by atoms with E-state index in [9.17, 15) is 18.0 Å². The van der Waals surface area contributed by atoms with Crippen LogP contribution in [0.15, 0.2) is 78.9 Å². The summed E-state index contributed by atoms with van der Waals surface area (Å²) in [5.74, 6) is 1.03. The maximum absolute atomic E-state index is 14.0. The number of benzene rings is 3. The van der Waals surface area contributed by atoms with Gasteiger partial charge < -0.3 is 19.7 Å². The van der Waals surface area contributed by atoms with Crippen molar-refractivity contribution in [2.24, 2.45) is 5.92 Å². The Morgan fingerprint density at radius 2 is 1.51 bits per heavy atom. The molecular formula is C33H43N3O6S. The fourth-order valence-electron chi connectivity index (χ4n) is 4.70. The minimum Gasteiger partial charge on any atom is -0.497 e. The van der Waals surface area contributed by atoms with E-state index in [1.165, 1.54) is 4.31 Å². The number of hydrogen-bond donors (Lipinski definition) is 1. The molecular weight excluding hydrogens is 566 g/mol. The first-order valence-corrected chi connectivity index (χ1v) is 16.2. The summed E-state index contributed by atoms with van der Waals surface area (Å²) in [5.41, 5.74) is 2.23. The highest BCUT2D eigenvalue weighted by Gasteiger charge is 2.30. The van der Waals surface area contributed by atoms with E-state index >= 15 is 0 Å². The Labute approximate surface area is 255 Å². The molecule has 232 valence electrons. The molecule has 0 aliphatic heterocycles. The van der Waals surface area contributed by atoms with Gasteiger partial charge in [0.15, 0.2) is 0 Å². The van der Waals surface area contributed by atoms with Crippen molar-refractivity contribution in [2.75, 3.05) is 37.9 Å². The van der Waals surface area contributed by atoms with E-state index < -0.39 is 16.1 Å². The van der Waals surface area contributed by atoms with Gasteiger partial charge in [0.05, 0.1) is 26.2 Å². The van der Waals surface area contributed by atoms with Crippen molar-refractivity contribution in [3.8, 4) is 11.5 Å². The molecule has 0 fully saturated rings. The van der Waals surface area contributed by atoms with Gasteiger partial charge in [-0.3, -0.25) is 13.9 Å². The molecule has 43 heavy (non-hydrogen) atoms. The molecule has 0 aromatic heterocycles. The molecule has 0 aliphatic rings. The van der Waals surface area contributed by atoms with E-state index in [0.717, 1.165) is 17.4 Å². The van der Waals surface area contributed by atoms with Crippen LogP contribution in [0.3, 0.4) is 0 Å². The molecule has 2 amide bonds. The molecule has 0 bridgehead atoms. The molecule has 3 aromatic rings. The average molecular weight is 610 g/mol. The van der Waals surface area contributed by atoms with Crippen molar-refractivity contribution in [1.82, 2.24) is 10.2 Å². The number of methoxy groups -OCH3 is 2. The van der Waals surface area contributed by atoms with Gasteiger partial charge in [0.25, 0.3) is 0 Å². The van der Waals surface area contributed by atoms with Crippen LogP contribution in [0.5, 0.6) is 11.5 Å². The molecule has 3 rings (SSSR count). The van der Waals surface area contributed by atoms with E-state index in [2.05, 4.69) is 5.32 Å². The van der Waals surface area contributed by atoms with Crippen LogP contribution in [0.2, 0.25) is 0 Å². The molecule has 0 heterocycles. The summed E-state index contributed by atoms with van der Waals surface area (Å²) in [6, 6.07) is 23.0. The molecule has 0 unspecified atom stereocenters. The van der Waals surface area contributed by atoms with Crippen LogP contribution >= 0.6 is 0 Å². The lowest BCUT2D eigenvalue weighted by Crippen LogP contribution is -2.51. The molecule has 0 saturated heterocycles. The Morgan fingerprint density at radius 3 is 2.12 bits per heavy atom. The van der Waals surface area contributed by atoms with Crippen LogP contribution in [0, 0.1) is 5.92 Å². The van der Waals surface area contributed by atoms with Gasteiger partial charge in [-0.05, 0) is 59.9 Å². The van der Waals surface area contributed by atoms with Gasteiger partial charge >= 0.3 is 0 Å². The van der Waals surface area contributed by atoms with Crippen molar-refractivity contribution >= 4 is 27.5 Å². The first kappa shape index (κ1) is 33.5. The third kappa shape index (κ3) is 10.3. The van der Waals surface area contributed by atoms with Crippen molar-refractivity contribution in [1.29, 1.82) is 0 Å². The molecule has 0 aliphatic carbocycles. The highest BCUT2D eigenvalue weighted by Crippen LogP contribution is 2.23. The second-order valence-corrected chi connectivity index (χ2v) is 12.8. The van der Waals surface area contributed by atoms with Crippen LogP contribution in [0.1, 0.15) is 37.8 Å². The topological polar surface area (TPSA) is 105 Å². The Hall–Kier alpha value is -4.05. The summed E-state index contributed by atoms with van der Waals surface area (Å²) in [7, 11) is -0.487. The predicted molar refractivity (Wildman–Crippen MR) is 170 cm³/mol. The largest absolute Gasteiger partial charge is 0.497 e. The fourth-order valence-corrected chi connectivity index (χ4v) is 5.66. The highest BCUT2D eigenvalue weighted by atomic mass is 32.2. The van der Waals surface area contributed by atoms with Crippen molar-refractivity contribution in [3.05, 3.63) is 90.0 Å². The predicted octanol–water partition coefficient (Wildman–Crippen LogP) is 4.66. The molecule has 3 aromatic carbocycles. The Bertz CT molecular complexity index is 1430. The zero-order valence-corrected chi connectivity index (χ0v) is 26.5. The van der Waals surface area contributed by atoms with E-state index in [0.29, 0.717) is 30.2 Å². The summed E-state index contributed by atoms with van der Waals surface area (Å²) in [6.45, 7) is 4.81. The zero-order chi connectivity index (χ0) is 31.4. The van der Waals surface area contributed by atoms with E-state index in [4.69, 9.17) is 9.47 Å². The van der Waals surface area contributed by atoms with Gasteiger partial charge in [-0.15, -0.1) is 0 Å². The summed E-state index contributed by atoms with van der Waals surface area (Å²) < 4.78 is 37.2. The number of anilines is 1. The third-order valence-corrected chi connectivity index (χ3v) is 8.15. The lowest BCUT2D eigenvalue weighted by molar-refractivity contribution is -0.141. The number of nitrogens with zero attached hydrogens (tertiary/aromatic N) is 2. The second kappa shape index (κ2) is 16.0. The van der Waals surface area contributed by atoms with Crippen LogP contribution in [-0.2, 0) is 32.6 Å². The molecule has 0 spiro atoms. The first-order chi connectivity index (χ1) is 20.5. The van der Waals surface area contributed by atoms with Crippen molar-refractivity contribution in [3.63, 3.8) is 0 Å². The SMILES string of the molecule is COc1ccc(N(CCCC(=O)N(Cc2cccc(OC)c2)[C@H](Cc2ccccc2)C(=O)NCC(C)C)S(C)(=O)=O)cc1. The standard InChI is InChI=1S/C33H43N3O6S/c1-25(2)23-34-33(38)31(22-26-11-7-6-8-12-26)35(24-27-13-9-14-30(21-27)42-4)32(37)15-10-20-36(43(5,39)40)28-16-18-29(41-3)19-17-28/h6-9,11-14,16-19,21,25,31H,10,15,20,22-24H2,1-5H3,(H,34,38)/t31-/m1/s1. The van der Waals surface area contributed by atoms with Gasteiger partial charge in [-0.25, -0.2) is 8.42 Å². The molecule has 10 heteroatoms. The minimum absolute atomic E-state index is 0.0505. The normalized spacial score (nSPS) is 12.0. The summed E-state index contributed by atoms with van der Waals surface area (Å²) >= 11 is 0. The van der Waals surface area contributed by atoms with Crippen LogP contribution in [0.25, 0.3) is 0 Å². The number of amides is 2. The monoisotopic (exact) mass is 609 g/mol. The maximum Gasteiger partial charge on any atom is 0.243 e. The van der Waals surface area contributed by atoms with Crippen LogP contribution in [0.4, 0.5) is 5.69 Å². The van der Waals surface area contributed by atoms with E-state index in [-0.39, 0.29) is 43.7 Å². The van der Waals surface area contributed by atoms with Crippen molar-refractivity contribution < 1.29 is 27.5 Å². The quantitative estimate of drug-likeness (QED) is 0.253. The highest BCUT2D eigenvalue weighted by molar-refractivity contribution is 7.92. The number of ether oxygens (including phenoxy) is 2. The van der Waals surface area contributed by atoms with E-state index in [1.54, 1.807) is 43.4 Å². The zero-order valence-electron chi connectivity index (χ0n) is 25.7. The summed E-state index contributed by atoms with van der Waals surface area (Å²) in [4.78, 5) is 29.2. The lowest BCUT2D eigenvalue weighted by Gasteiger charge is -2.32. The minimum atomic E-state index is -3.61. The second-order valence-electron chi connectivity index (χ2n) is 10.9.